The van der Waals surface area contributed by atoms with Crippen molar-refractivity contribution in [2.75, 3.05) is 4.90 Å². The third-order valence-electron chi connectivity index (χ3n) is 14.4. The standard InChI is InChI=1S/C65H42N4/c1-3-18-43(19-4-1)58-42-59(44-34-37-49(38-35-44)68-60-30-13-8-25-51(60)52-26-9-14-31-61(52)68)67-64(66-58)47-21-17-20-45(40-47)46-36-39-55-53(41-46)50-24-7-10-27-54(50)65(55)56-28-11-15-32-62(56)69(48-22-5-2-6-23-48)63-33-16-12-29-57(63)65/h1-42H. The van der Waals surface area contributed by atoms with Crippen molar-refractivity contribution in [3.63, 3.8) is 0 Å². The van der Waals surface area contributed by atoms with E-state index in [1.807, 2.05) is 6.07 Å². The van der Waals surface area contributed by atoms with E-state index in [-0.39, 0.29) is 0 Å². The highest BCUT2D eigenvalue weighted by Crippen LogP contribution is 2.63. The fourth-order valence-electron chi connectivity index (χ4n) is 11.4. The normalized spacial score (nSPS) is 13.0. The summed E-state index contributed by atoms with van der Waals surface area (Å²) < 4.78 is 2.35. The highest BCUT2D eigenvalue weighted by atomic mass is 15.2. The molecule has 3 heterocycles. The van der Waals surface area contributed by atoms with Crippen molar-refractivity contribution in [2.24, 2.45) is 0 Å². The van der Waals surface area contributed by atoms with Crippen molar-refractivity contribution in [1.29, 1.82) is 0 Å². The van der Waals surface area contributed by atoms with Crippen LogP contribution < -0.4 is 4.90 Å². The van der Waals surface area contributed by atoms with Crippen LogP contribution in [-0.2, 0) is 5.41 Å². The SMILES string of the molecule is c1ccc(-c2cc(-c3ccc(-n4c5ccccc5c5ccccc54)cc3)nc(-c3cccc(-c4ccc5c(c4)-c4ccccc4C54c5ccccc5N(c5ccccc5)c5ccccc54)c3)n2)cc1. The van der Waals surface area contributed by atoms with Gasteiger partial charge >= 0.3 is 0 Å². The summed E-state index contributed by atoms with van der Waals surface area (Å²) in [6.07, 6.45) is 0. The van der Waals surface area contributed by atoms with E-state index < -0.39 is 5.41 Å². The first-order valence-corrected chi connectivity index (χ1v) is 23.7. The Hall–Kier alpha value is -9.12. The molecule has 1 aliphatic carbocycles. The second kappa shape index (κ2) is 15.5. The second-order valence-electron chi connectivity index (χ2n) is 18.1. The number of hydrogen-bond donors (Lipinski definition) is 0. The lowest BCUT2D eigenvalue weighted by atomic mass is 9.64. The lowest BCUT2D eigenvalue weighted by Gasteiger charge is -2.45. The molecule has 2 aliphatic rings. The van der Waals surface area contributed by atoms with Gasteiger partial charge in [0.1, 0.15) is 0 Å². The molecule has 4 heteroatoms. The molecule has 14 rings (SSSR count). The summed E-state index contributed by atoms with van der Waals surface area (Å²) in [5.74, 6) is 0.684. The average Bonchev–Trinajstić information content (AvgIpc) is 3.92. The molecule has 0 amide bonds. The van der Waals surface area contributed by atoms with Gasteiger partial charge in [0.25, 0.3) is 0 Å². The van der Waals surface area contributed by atoms with Crippen LogP contribution in [-0.4, -0.2) is 14.5 Å². The third kappa shape index (κ3) is 5.95. The van der Waals surface area contributed by atoms with Gasteiger partial charge in [0.2, 0.25) is 0 Å². The van der Waals surface area contributed by atoms with Crippen LogP contribution in [0, 0.1) is 0 Å². The quantitative estimate of drug-likeness (QED) is 0.167. The van der Waals surface area contributed by atoms with Gasteiger partial charge in [-0.15, -0.1) is 0 Å². The molecule has 1 spiro atoms. The van der Waals surface area contributed by atoms with Crippen molar-refractivity contribution >= 4 is 38.9 Å². The molecular formula is C65H42N4. The summed E-state index contributed by atoms with van der Waals surface area (Å²) in [6, 6.07) is 92.2. The molecule has 1 aliphatic heterocycles. The van der Waals surface area contributed by atoms with Gasteiger partial charge in [0.15, 0.2) is 5.82 Å². The fourth-order valence-corrected chi connectivity index (χ4v) is 11.4. The molecule has 0 fully saturated rings. The Morgan fingerprint density at radius 2 is 0.797 bits per heavy atom. The van der Waals surface area contributed by atoms with Crippen LogP contribution in [0.3, 0.4) is 0 Å². The predicted molar refractivity (Wildman–Crippen MR) is 284 cm³/mol. The first-order chi connectivity index (χ1) is 34.2. The van der Waals surface area contributed by atoms with Gasteiger partial charge in [0, 0.05) is 38.8 Å². The first-order valence-electron chi connectivity index (χ1n) is 23.7. The minimum absolute atomic E-state index is 0.505. The molecule has 0 unspecified atom stereocenters. The van der Waals surface area contributed by atoms with Crippen molar-refractivity contribution in [3.8, 4) is 61.8 Å². The molecule has 0 radical (unpaired) electrons. The molecule has 4 nitrogen and oxygen atoms in total. The first kappa shape index (κ1) is 39.1. The van der Waals surface area contributed by atoms with E-state index in [0.717, 1.165) is 50.6 Å². The number of para-hydroxylation sites is 5. The zero-order valence-corrected chi connectivity index (χ0v) is 37.5. The highest BCUT2D eigenvalue weighted by molar-refractivity contribution is 6.09. The molecule has 0 bridgehead atoms. The molecule has 12 aromatic rings. The number of anilines is 3. The molecule has 0 N–H and O–H groups in total. The number of fused-ring (bicyclic) bond motifs is 12. The van der Waals surface area contributed by atoms with Crippen molar-refractivity contribution < 1.29 is 0 Å². The zero-order valence-electron chi connectivity index (χ0n) is 37.5. The van der Waals surface area contributed by atoms with E-state index in [9.17, 15) is 0 Å². The van der Waals surface area contributed by atoms with E-state index in [1.54, 1.807) is 0 Å². The fraction of sp³-hybridized carbons (Fsp3) is 0.0154. The minimum Gasteiger partial charge on any atom is -0.310 e. The Morgan fingerprint density at radius 1 is 0.304 bits per heavy atom. The van der Waals surface area contributed by atoms with Gasteiger partial charge in [-0.2, -0.15) is 0 Å². The van der Waals surface area contributed by atoms with E-state index in [1.165, 1.54) is 66.6 Å². The Balaban J connectivity index is 0.883. The molecule has 322 valence electrons. The van der Waals surface area contributed by atoms with Gasteiger partial charge in [0.05, 0.1) is 39.2 Å². The average molecular weight is 879 g/mol. The number of rotatable bonds is 6. The smallest absolute Gasteiger partial charge is 0.160 e. The van der Waals surface area contributed by atoms with Gasteiger partial charge in [-0.1, -0.05) is 188 Å². The highest BCUT2D eigenvalue weighted by Gasteiger charge is 2.51. The van der Waals surface area contributed by atoms with Gasteiger partial charge < -0.3 is 9.47 Å². The topological polar surface area (TPSA) is 34.0 Å². The van der Waals surface area contributed by atoms with E-state index >= 15 is 0 Å². The lowest BCUT2D eigenvalue weighted by Crippen LogP contribution is -2.36. The summed E-state index contributed by atoms with van der Waals surface area (Å²) in [6.45, 7) is 0. The Morgan fingerprint density at radius 3 is 1.48 bits per heavy atom. The van der Waals surface area contributed by atoms with Crippen molar-refractivity contribution in [3.05, 3.63) is 277 Å². The molecule has 2 aromatic heterocycles. The Bertz CT molecular complexity index is 3860. The van der Waals surface area contributed by atoms with E-state index in [2.05, 4.69) is 258 Å². The van der Waals surface area contributed by atoms with Crippen LogP contribution in [0.25, 0.3) is 83.6 Å². The summed E-state index contributed by atoms with van der Waals surface area (Å²) in [5, 5.41) is 2.50. The number of aromatic nitrogens is 3. The summed E-state index contributed by atoms with van der Waals surface area (Å²) in [5.41, 5.74) is 21.2. The van der Waals surface area contributed by atoms with Crippen LogP contribution in [0.1, 0.15) is 22.3 Å². The maximum absolute atomic E-state index is 5.32. The lowest BCUT2D eigenvalue weighted by molar-refractivity contribution is 0.753. The zero-order chi connectivity index (χ0) is 45.5. The van der Waals surface area contributed by atoms with Crippen LogP contribution in [0.2, 0.25) is 0 Å². The van der Waals surface area contributed by atoms with E-state index in [4.69, 9.17) is 9.97 Å². The van der Waals surface area contributed by atoms with Gasteiger partial charge in [-0.05, 0) is 111 Å². The third-order valence-corrected chi connectivity index (χ3v) is 14.4. The molecule has 69 heavy (non-hydrogen) atoms. The minimum atomic E-state index is -0.505. The summed E-state index contributed by atoms with van der Waals surface area (Å²) >= 11 is 0. The Labute approximate surface area is 400 Å². The van der Waals surface area contributed by atoms with Crippen LogP contribution in [0.15, 0.2) is 255 Å². The maximum Gasteiger partial charge on any atom is 0.160 e. The molecule has 0 saturated carbocycles. The summed E-state index contributed by atoms with van der Waals surface area (Å²) in [7, 11) is 0. The molecule has 0 atom stereocenters. The molecule has 10 aromatic carbocycles. The number of hydrogen-bond acceptors (Lipinski definition) is 3. The van der Waals surface area contributed by atoms with Crippen LogP contribution in [0.4, 0.5) is 17.1 Å². The monoisotopic (exact) mass is 878 g/mol. The molecule has 0 saturated heterocycles. The summed E-state index contributed by atoms with van der Waals surface area (Å²) in [4.78, 5) is 13.0. The maximum atomic E-state index is 5.32. The van der Waals surface area contributed by atoms with Gasteiger partial charge in [-0.25, -0.2) is 9.97 Å². The van der Waals surface area contributed by atoms with Crippen LogP contribution in [0.5, 0.6) is 0 Å². The van der Waals surface area contributed by atoms with Gasteiger partial charge in [-0.3, -0.25) is 0 Å². The van der Waals surface area contributed by atoms with Crippen LogP contribution >= 0.6 is 0 Å². The number of benzene rings is 10. The predicted octanol–water partition coefficient (Wildman–Crippen LogP) is 16.4. The largest absolute Gasteiger partial charge is 0.310 e. The molecular weight excluding hydrogens is 837 g/mol. The second-order valence-corrected chi connectivity index (χ2v) is 18.1. The Kier molecular flexibility index (Phi) is 8.77. The van der Waals surface area contributed by atoms with E-state index in [0.29, 0.717) is 5.82 Å². The van der Waals surface area contributed by atoms with Crippen molar-refractivity contribution in [1.82, 2.24) is 14.5 Å². The van der Waals surface area contributed by atoms with Crippen molar-refractivity contribution in [2.45, 2.75) is 5.41 Å². The number of nitrogens with zero attached hydrogens (tertiary/aromatic N) is 4.